The molecule has 1 amide bonds. The molecule has 1 aromatic rings. The van der Waals surface area contributed by atoms with Gasteiger partial charge in [-0.3, -0.25) is 9.48 Å². The molecular weight excluding hydrogens is 246 g/mol. The molecule has 2 heterocycles. The highest BCUT2D eigenvalue weighted by Gasteiger charge is 2.27. The maximum Gasteiger partial charge on any atom is 0.254 e. The second kappa shape index (κ2) is 5.58. The summed E-state index contributed by atoms with van der Waals surface area (Å²) in [5.74, 6) is 0.353. The third-order valence-electron chi connectivity index (χ3n) is 3.31. The maximum atomic E-state index is 11.6. The summed E-state index contributed by atoms with van der Waals surface area (Å²) in [6.07, 6.45) is 0.106. The monoisotopic (exact) mass is 267 g/mol. The van der Waals surface area contributed by atoms with Gasteiger partial charge in [0.05, 0.1) is 18.4 Å². The van der Waals surface area contributed by atoms with Crippen molar-refractivity contribution < 1.29 is 9.53 Å². The molecule has 0 bridgehead atoms. The Morgan fingerprint density at radius 1 is 1.63 bits per heavy atom. The number of hydrogen-bond donors (Lipinski definition) is 2. The topological polar surface area (TPSA) is 85.4 Å². The molecule has 1 aromatic heterocycles. The van der Waals surface area contributed by atoms with Crippen molar-refractivity contribution in [3.63, 3.8) is 0 Å². The van der Waals surface area contributed by atoms with E-state index in [-0.39, 0.29) is 6.10 Å². The molecule has 19 heavy (non-hydrogen) atoms. The van der Waals surface area contributed by atoms with E-state index in [4.69, 9.17) is 10.5 Å². The number of nitrogens with one attached hydrogen (secondary N) is 1. The third-order valence-corrected chi connectivity index (χ3v) is 3.31. The van der Waals surface area contributed by atoms with Crippen LogP contribution in [0.1, 0.15) is 16.1 Å². The average molecular weight is 267 g/mol. The van der Waals surface area contributed by atoms with Gasteiger partial charge < -0.3 is 20.7 Å². The number of nitrogens with two attached hydrogens (primary N) is 1. The van der Waals surface area contributed by atoms with Crippen LogP contribution in [0.3, 0.4) is 0 Å². The predicted molar refractivity (Wildman–Crippen MR) is 72.3 cm³/mol. The second-order valence-electron chi connectivity index (χ2n) is 4.77. The van der Waals surface area contributed by atoms with E-state index in [9.17, 15) is 4.79 Å². The van der Waals surface area contributed by atoms with Crippen molar-refractivity contribution in [3.8, 4) is 0 Å². The van der Waals surface area contributed by atoms with Crippen LogP contribution in [0.4, 0.5) is 5.82 Å². The molecule has 0 aliphatic carbocycles. The first-order valence-corrected chi connectivity index (χ1v) is 6.39. The lowest BCUT2D eigenvalue weighted by atomic mass is 10.2. The number of hydrogen-bond acceptors (Lipinski definition) is 5. The van der Waals surface area contributed by atoms with Crippen molar-refractivity contribution in [1.29, 1.82) is 0 Å². The fraction of sp³-hybridized carbons (Fsp3) is 0.667. The van der Waals surface area contributed by atoms with Gasteiger partial charge in [0.15, 0.2) is 0 Å². The molecule has 3 N–H and O–H groups in total. The van der Waals surface area contributed by atoms with Crippen LogP contribution in [-0.4, -0.2) is 55.1 Å². The largest absolute Gasteiger partial charge is 0.373 e. The number of ether oxygens (including phenoxy) is 1. The zero-order valence-corrected chi connectivity index (χ0v) is 11.6. The van der Waals surface area contributed by atoms with Crippen LogP contribution >= 0.6 is 0 Å². The summed E-state index contributed by atoms with van der Waals surface area (Å²) in [5.41, 5.74) is 6.64. The van der Waals surface area contributed by atoms with E-state index < -0.39 is 5.91 Å². The number of amides is 1. The van der Waals surface area contributed by atoms with Crippen molar-refractivity contribution in [2.45, 2.75) is 13.0 Å². The molecule has 7 heteroatoms. The Balaban J connectivity index is 2.28. The minimum Gasteiger partial charge on any atom is -0.373 e. The van der Waals surface area contributed by atoms with E-state index in [0.717, 1.165) is 25.5 Å². The fourth-order valence-electron chi connectivity index (χ4n) is 2.56. The smallest absolute Gasteiger partial charge is 0.254 e. The first-order valence-electron chi connectivity index (χ1n) is 6.39. The van der Waals surface area contributed by atoms with Crippen molar-refractivity contribution in [3.05, 3.63) is 11.3 Å². The van der Waals surface area contributed by atoms with Gasteiger partial charge >= 0.3 is 0 Å². The minimum atomic E-state index is -0.433. The first kappa shape index (κ1) is 13.8. The summed E-state index contributed by atoms with van der Waals surface area (Å²) in [4.78, 5) is 13.7. The molecule has 0 spiro atoms. The molecule has 2 rings (SSSR count). The Hall–Kier alpha value is -1.60. The molecule has 106 valence electrons. The lowest BCUT2D eigenvalue weighted by molar-refractivity contribution is 0.0416. The standard InChI is InChI=1S/C12H21N5O2/c1-8-10(11(13)18)12(16(3)15-8)17-4-5-19-9(7-17)6-14-2/h9,14H,4-7H2,1-3H3,(H2,13,18). The molecular formula is C12H21N5O2. The summed E-state index contributed by atoms with van der Waals surface area (Å²) in [5, 5.41) is 7.40. The number of anilines is 1. The highest BCUT2D eigenvalue weighted by Crippen LogP contribution is 2.24. The maximum absolute atomic E-state index is 11.6. The van der Waals surface area contributed by atoms with Gasteiger partial charge in [-0.15, -0.1) is 0 Å². The summed E-state index contributed by atoms with van der Waals surface area (Å²) < 4.78 is 7.39. The molecule has 1 aliphatic rings. The molecule has 0 aromatic carbocycles. The van der Waals surface area contributed by atoms with E-state index >= 15 is 0 Å². The van der Waals surface area contributed by atoms with Crippen molar-refractivity contribution in [1.82, 2.24) is 15.1 Å². The molecule has 0 saturated carbocycles. The van der Waals surface area contributed by atoms with Crippen molar-refractivity contribution in [2.75, 3.05) is 38.2 Å². The Bertz CT molecular complexity index is 469. The second-order valence-corrected chi connectivity index (χ2v) is 4.77. The van der Waals surface area contributed by atoms with E-state index in [1.54, 1.807) is 11.6 Å². The van der Waals surface area contributed by atoms with Crippen LogP contribution < -0.4 is 16.0 Å². The normalized spacial score (nSPS) is 19.7. The lowest BCUT2D eigenvalue weighted by Crippen LogP contribution is -2.47. The number of primary amides is 1. The zero-order valence-electron chi connectivity index (χ0n) is 11.6. The van der Waals surface area contributed by atoms with Crippen molar-refractivity contribution >= 4 is 11.7 Å². The molecule has 7 nitrogen and oxygen atoms in total. The lowest BCUT2D eigenvalue weighted by Gasteiger charge is -2.34. The Labute approximate surface area is 112 Å². The van der Waals surface area contributed by atoms with Gasteiger partial charge in [0.1, 0.15) is 11.4 Å². The molecule has 1 atom stereocenters. The Morgan fingerprint density at radius 3 is 3.00 bits per heavy atom. The average Bonchev–Trinajstić information content (AvgIpc) is 2.65. The van der Waals surface area contributed by atoms with Crippen LogP contribution in [0.15, 0.2) is 0 Å². The quantitative estimate of drug-likeness (QED) is 0.750. The van der Waals surface area contributed by atoms with Gasteiger partial charge in [-0.05, 0) is 14.0 Å². The van der Waals surface area contributed by atoms with Gasteiger partial charge in [0, 0.05) is 26.7 Å². The first-order chi connectivity index (χ1) is 9.04. The van der Waals surface area contributed by atoms with Crippen LogP contribution in [-0.2, 0) is 11.8 Å². The van der Waals surface area contributed by atoms with E-state index in [2.05, 4.69) is 15.3 Å². The third kappa shape index (κ3) is 2.71. The number of aromatic nitrogens is 2. The summed E-state index contributed by atoms with van der Waals surface area (Å²) in [7, 11) is 3.72. The predicted octanol–water partition coefficient (Wildman–Crippen LogP) is -0.748. The number of rotatable bonds is 4. The van der Waals surface area contributed by atoms with Crippen molar-refractivity contribution in [2.24, 2.45) is 12.8 Å². The number of carbonyl (C=O) groups is 1. The van der Waals surface area contributed by atoms with Gasteiger partial charge in [-0.25, -0.2) is 0 Å². The molecule has 1 fully saturated rings. The Kier molecular flexibility index (Phi) is 4.06. The van der Waals surface area contributed by atoms with Crippen LogP contribution in [0.2, 0.25) is 0 Å². The zero-order chi connectivity index (χ0) is 14.0. The molecule has 1 saturated heterocycles. The number of carbonyl (C=O) groups excluding carboxylic acids is 1. The van der Waals surface area contributed by atoms with E-state index in [1.165, 1.54) is 0 Å². The summed E-state index contributed by atoms with van der Waals surface area (Å²) in [6.45, 7) is 4.67. The minimum absolute atomic E-state index is 0.106. The van der Waals surface area contributed by atoms with Gasteiger partial charge in [-0.1, -0.05) is 0 Å². The summed E-state index contributed by atoms with van der Waals surface area (Å²) in [6, 6.07) is 0. The molecule has 0 radical (unpaired) electrons. The van der Waals surface area contributed by atoms with Gasteiger partial charge in [0.25, 0.3) is 5.91 Å². The number of aryl methyl sites for hydroxylation is 2. The number of likely N-dealkylation sites (N-methyl/N-ethyl adjacent to an activating group) is 1. The summed E-state index contributed by atoms with van der Waals surface area (Å²) >= 11 is 0. The SMILES string of the molecule is CNCC1CN(c2c(C(N)=O)c(C)nn2C)CCO1. The highest BCUT2D eigenvalue weighted by molar-refractivity contribution is 5.99. The highest BCUT2D eigenvalue weighted by atomic mass is 16.5. The number of nitrogens with zero attached hydrogens (tertiary/aromatic N) is 3. The van der Waals surface area contributed by atoms with Crippen LogP contribution in [0, 0.1) is 6.92 Å². The van der Waals surface area contributed by atoms with E-state index in [0.29, 0.717) is 17.9 Å². The molecule has 1 aliphatic heterocycles. The fourth-order valence-corrected chi connectivity index (χ4v) is 2.56. The van der Waals surface area contributed by atoms with E-state index in [1.807, 2.05) is 14.1 Å². The number of morpholine rings is 1. The van der Waals surface area contributed by atoms with Gasteiger partial charge in [0.2, 0.25) is 0 Å². The van der Waals surface area contributed by atoms with Crippen LogP contribution in [0.25, 0.3) is 0 Å². The van der Waals surface area contributed by atoms with Gasteiger partial charge in [-0.2, -0.15) is 5.10 Å². The van der Waals surface area contributed by atoms with Crippen LogP contribution in [0.5, 0.6) is 0 Å². The molecule has 1 unspecified atom stereocenters. The Morgan fingerprint density at radius 2 is 2.37 bits per heavy atom.